The second kappa shape index (κ2) is 9.53. The highest BCUT2D eigenvalue weighted by molar-refractivity contribution is 7.85. The first kappa shape index (κ1) is 19.4. The first-order valence-corrected chi connectivity index (χ1v) is 9.49. The third kappa shape index (κ3) is 6.14. The highest BCUT2D eigenvalue weighted by atomic mass is 35.5. The van der Waals surface area contributed by atoms with Gasteiger partial charge in [0, 0.05) is 22.6 Å². The molecule has 25 heavy (non-hydrogen) atoms. The van der Waals surface area contributed by atoms with Crippen molar-refractivity contribution in [3.63, 3.8) is 0 Å². The van der Waals surface area contributed by atoms with Crippen molar-refractivity contribution in [3.05, 3.63) is 53.2 Å². The van der Waals surface area contributed by atoms with Gasteiger partial charge in [-0.25, -0.2) is 9.78 Å². The van der Waals surface area contributed by atoms with E-state index in [1.165, 1.54) is 0 Å². The number of carbonyl (C=O) groups excluding carboxylic acids is 1. The average molecular weight is 382 g/mol. The van der Waals surface area contributed by atoms with Crippen LogP contribution < -0.4 is 4.74 Å². The van der Waals surface area contributed by atoms with Gasteiger partial charge < -0.3 is 9.47 Å². The number of hydrogen-bond donors (Lipinski definition) is 0. The molecule has 0 saturated heterocycles. The Morgan fingerprint density at radius 2 is 1.88 bits per heavy atom. The SMILES string of the molecule is CC(C)S(=O)c1ccc(C(=O)OCCCOc2cccc(Cl)n2)cc1. The van der Waals surface area contributed by atoms with E-state index >= 15 is 0 Å². The summed E-state index contributed by atoms with van der Waals surface area (Å²) in [5, 5.41) is 0.401. The molecule has 2 aromatic rings. The number of hydrogen-bond acceptors (Lipinski definition) is 5. The maximum Gasteiger partial charge on any atom is 0.338 e. The van der Waals surface area contributed by atoms with E-state index in [9.17, 15) is 9.00 Å². The highest BCUT2D eigenvalue weighted by Gasteiger charge is 2.11. The number of rotatable bonds is 8. The average Bonchev–Trinajstić information content (AvgIpc) is 2.60. The van der Waals surface area contributed by atoms with Crippen molar-refractivity contribution in [2.24, 2.45) is 0 Å². The Morgan fingerprint density at radius 1 is 1.16 bits per heavy atom. The van der Waals surface area contributed by atoms with Gasteiger partial charge in [0.15, 0.2) is 0 Å². The number of ether oxygens (including phenoxy) is 2. The van der Waals surface area contributed by atoms with Gasteiger partial charge in [-0.2, -0.15) is 0 Å². The second-order valence-electron chi connectivity index (χ2n) is 5.51. The second-order valence-corrected chi connectivity index (χ2v) is 7.90. The Balaban J connectivity index is 1.74. The summed E-state index contributed by atoms with van der Waals surface area (Å²) in [7, 11) is -1.07. The van der Waals surface area contributed by atoms with E-state index in [4.69, 9.17) is 21.1 Å². The van der Waals surface area contributed by atoms with Gasteiger partial charge >= 0.3 is 5.97 Å². The van der Waals surface area contributed by atoms with Crippen LogP contribution in [0.5, 0.6) is 5.88 Å². The maximum atomic E-state index is 12.0. The lowest BCUT2D eigenvalue weighted by Crippen LogP contribution is -2.10. The van der Waals surface area contributed by atoms with Gasteiger partial charge in [-0.1, -0.05) is 31.5 Å². The van der Waals surface area contributed by atoms with E-state index < -0.39 is 16.8 Å². The lowest BCUT2D eigenvalue weighted by atomic mass is 10.2. The van der Waals surface area contributed by atoms with Crippen molar-refractivity contribution in [2.45, 2.75) is 30.4 Å². The Morgan fingerprint density at radius 3 is 2.52 bits per heavy atom. The molecule has 0 aliphatic heterocycles. The Kier molecular flexibility index (Phi) is 7.40. The molecule has 0 fully saturated rings. The van der Waals surface area contributed by atoms with Crippen LogP contribution in [-0.2, 0) is 15.5 Å². The molecule has 5 nitrogen and oxygen atoms in total. The summed E-state index contributed by atoms with van der Waals surface area (Å²) < 4.78 is 22.6. The van der Waals surface area contributed by atoms with Crippen LogP contribution in [0.4, 0.5) is 0 Å². The number of aromatic nitrogens is 1. The van der Waals surface area contributed by atoms with Crippen molar-refractivity contribution in [1.82, 2.24) is 4.98 Å². The highest BCUT2D eigenvalue weighted by Crippen LogP contribution is 2.14. The van der Waals surface area contributed by atoms with Gasteiger partial charge in [0.25, 0.3) is 0 Å². The molecule has 1 aromatic heterocycles. The van der Waals surface area contributed by atoms with Crippen molar-refractivity contribution in [2.75, 3.05) is 13.2 Å². The monoisotopic (exact) mass is 381 g/mol. The van der Waals surface area contributed by atoms with Gasteiger partial charge in [-0.3, -0.25) is 4.21 Å². The molecule has 1 aromatic carbocycles. The Hall–Kier alpha value is -1.92. The Bertz CT molecular complexity index is 734. The van der Waals surface area contributed by atoms with Crippen LogP contribution >= 0.6 is 11.6 Å². The zero-order valence-electron chi connectivity index (χ0n) is 14.1. The van der Waals surface area contributed by atoms with Crippen LogP contribution in [-0.4, -0.2) is 33.6 Å². The van der Waals surface area contributed by atoms with Crippen LogP contribution in [0.15, 0.2) is 47.4 Å². The molecule has 0 N–H and O–H groups in total. The molecule has 0 radical (unpaired) electrons. The van der Waals surface area contributed by atoms with Crippen LogP contribution in [0.25, 0.3) is 0 Å². The molecule has 0 aliphatic rings. The molecule has 2 rings (SSSR count). The number of esters is 1. The largest absolute Gasteiger partial charge is 0.477 e. The molecule has 7 heteroatoms. The fourth-order valence-electron chi connectivity index (χ4n) is 1.95. The molecular formula is C18H20ClNO4S. The number of pyridine rings is 1. The number of benzene rings is 1. The van der Waals surface area contributed by atoms with Gasteiger partial charge in [0.1, 0.15) is 5.15 Å². The first-order chi connectivity index (χ1) is 12.0. The summed E-state index contributed by atoms with van der Waals surface area (Å²) in [4.78, 5) is 16.7. The third-order valence-electron chi connectivity index (χ3n) is 3.21. The van der Waals surface area contributed by atoms with Gasteiger partial charge in [-0.15, -0.1) is 0 Å². The van der Waals surface area contributed by atoms with E-state index in [0.29, 0.717) is 34.5 Å². The molecule has 0 aliphatic carbocycles. The summed E-state index contributed by atoms with van der Waals surface area (Å²) in [6.07, 6.45) is 0.537. The van der Waals surface area contributed by atoms with Crippen LogP contribution in [0, 0.1) is 0 Å². The predicted octanol–water partition coefficient (Wildman–Crippen LogP) is 3.88. The van der Waals surface area contributed by atoms with Crippen molar-refractivity contribution in [1.29, 1.82) is 0 Å². The minimum Gasteiger partial charge on any atom is -0.477 e. The molecule has 0 bridgehead atoms. The fraction of sp³-hybridized carbons (Fsp3) is 0.333. The van der Waals surface area contributed by atoms with Gasteiger partial charge in [-0.05, 0) is 30.3 Å². The minimum atomic E-state index is -1.07. The lowest BCUT2D eigenvalue weighted by molar-refractivity contribution is 0.0485. The molecule has 0 spiro atoms. The molecule has 134 valence electrons. The lowest BCUT2D eigenvalue weighted by Gasteiger charge is -2.08. The van der Waals surface area contributed by atoms with Crippen molar-refractivity contribution in [3.8, 4) is 5.88 Å². The summed E-state index contributed by atoms with van der Waals surface area (Å²) in [6.45, 7) is 4.38. The topological polar surface area (TPSA) is 65.5 Å². The fourth-order valence-corrected chi connectivity index (χ4v) is 3.06. The minimum absolute atomic E-state index is 0.0341. The predicted molar refractivity (Wildman–Crippen MR) is 97.6 cm³/mol. The number of nitrogens with zero attached hydrogens (tertiary/aromatic N) is 1. The van der Waals surface area contributed by atoms with Crippen LogP contribution in [0.2, 0.25) is 5.15 Å². The first-order valence-electron chi connectivity index (χ1n) is 7.90. The smallest absolute Gasteiger partial charge is 0.338 e. The van der Waals surface area contributed by atoms with E-state index in [1.54, 1.807) is 42.5 Å². The molecule has 1 heterocycles. The molecule has 1 atom stereocenters. The number of carbonyl (C=O) groups is 1. The molecule has 1 unspecified atom stereocenters. The summed E-state index contributed by atoms with van der Waals surface area (Å²) in [6, 6.07) is 11.8. The third-order valence-corrected chi connectivity index (χ3v) is 5.02. The zero-order valence-corrected chi connectivity index (χ0v) is 15.7. The summed E-state index contributed by atoms with van der Waals surface area (Å²) in [5.74, 6) is 0.0235. The van der Waals surface area contributed by atoms with Crippen LogP contribution in [0.3, 0.4) is 0 Å². The molecule has 0 amide bonds. The molecular weight excluding hydrogens is 362 g/mol. The quantitative estimate of drug-likeness (QED) is 0.394. The summed E-state index contributed by atoms with van der Waals surface area (Å²) >= 11 is 5.76. The summed E-state index contributed by atoms with van der Waals surface area (Å²) in [5.41, 5.74) is 0.432. The van der Waals surface area contributed by atoms with E-state index in [2.05, 4.69) is 4.98 Å². The van der Waals surface area contributed by atoms with E-state index in [0.717, 1.165) is 0 Å². The van der Waals surface area contributed by atoms with Crippen molar-refractivity contribution >= 4 is 28.4 Å². The van der Waals surface area contributed by atoms with Gasteiger partial charge in [0.05, 0.1) is 29.6 Å². The number of halogens is 1. The van der Waals surface area contributed by atoms with Crippen LogP contribution in [0.1, 0.15) is 30.6 Å². The van der Waals surface area contributed by atoms with E-state index in [1.807, 2.05) is 13.8 Å². The Labute approximate surface area is 154 Å². The van der Waals surface area contributed by atoms with Crippen molar-refractivity contribution < 1.29 is 18.5 Å². The molecule has 0 saturated carbocycles. The van der Waals surface area contributed by atoms with E-state index in [-0.39, 0.29) is 11.9 Å². The zero-order chi connectivity index (χ0) is 18.2. The normalized spacial score (nSPS) is 12.0. The van der Waals surface area contributed by atoms with Gasteiger partial charge in [0.2, 0.25) is 5.88 Å². The maximum absolute atomic E-state index is 12.0. The standard InChI is InChI=1S/C18H20ClNO4S/c1-13(2)25(22)15-9-7-14(8-10-15)18(21)24-12-4-11-23-17-6-3-5-16(19)20-17/h3,5-10,13H,4,11-12H2,1-2H3.